The summed E-state index contributed by atoms with van der Waals surface area (Å²) in [5.41, 5.74) is 2.19. The molecule has 0 N–H and O–H groups in total. The highest BCUT2D eigenvalue weighted by molar-refractivity contribution is 7.89. The maximum Gasteiger partial charge on any atom is 0.243 e. The summed E-state index contributed by atoms with van der Waals surface area (Å²) in [6.07, 6.45) is 5.23. The number of para-hydroxylation sites is 1. The van der Waals surface area contributed by atoms with Gasteiger partial charge in [0.15, 0.2) is 0 Å². The predicted octanol–water partition coefficient (Wildman–Crippen LogP) is 3.91. The Morgan fingerprint density at radius 1 is 0.933 bits per heavy atom. The van der Waals surface area contributed by atoms with E-state index in [2.05, 4.69) is 0 Å². The van der Waals surface area contributed by atoms with E-state index in [1.165, 1.54) is 6.07 Å². The molecule has 160 valence electrons. The lowest BCUT2D eigenvalue weighted by Crippen LogP contribution is -2.36. The van der Waals surface area contributed by atoms with Gasteiger partial charge in [-0.2, -0.15) is 4.31 Å². The molecule has 1 fully saturated rings. The quantitative estimate of drug-likeness (QED) is 0.723. The Kier molecular flexibility index (Phi) is 6.20. The Balaban J connectivity index is 1.41. The van der Waals surface area contributed by atoms with E-state index >= 15 is 0 Å². The van der Waals surface area contributed by atoms with E-state index in [0.29, 0.717) is 36.6 Å². The monoisotopic (exact) mass is 430 g/mol. The molecule has 2 aromatic rings. The molecule has 2 aliphatic heterocycles. The van der Waals surface area contributed by atoms with Crippen molar-refractivity contribution in [1.82, 2.24) is 4.31 Å². The number of hydrogen-bond acceptors (Lipinski definition) is 3. The molecule has 4 rings (SSSR count). The van der Waals surface area contributed by atoms with Crippen molar-refractivity contribution >= 4 is 21.6 Å². The minimum atomic E-state index is -3.45. The van der Waals surface area contributed by atoms with Gasteiger partial charge in [0.2, 0.25) is 15.9 Å². The summed E-state index contributed by atoms with van der Waals surface area (Å²) in [6, 6.07) is 11.7. The summed E-state index contributed by atoms with van der Waals surface area (Å²) in [5, 5.41) is 0. The van der Waals surface area contributed by atoms with E-state index in [1.807, 2.05) is 6.07 Å². The second-order valence-corrected chi connectivity index (χ2v) is 9.94. The van der Waals surface area contributed by atoms with Crippen molar-refractivity contribution < 1.29 is 17.6 Å². The Hall–Kier alpha value is -2.25. The summed E-state index contributed by atoms with van der Waals surface area (Å²) in [4.78, 5) is 14.6. The van der Waals surface area contributed by atoms with Gasteiger partial charge in [-0.3, -0.25) is 4.79 Å². The van der Waals surface area contributed by atoms with Gasteiger partial charge in [0, 0.05) is 26.1 Å². The van der Waals surface area contributed by atoms with Gasteiger partial charge in [-0.25, -0.2) is 12.8 Å². The van der Waals surface area contributed by atoms with Crippen LogP contribution in [0.1, 0.15) is 43.2 Å². The molecule has 0 atom stereocenters. The first-order valence-electron chi connectivity index (χ1n) is 10.6. The van der Waals surface area contributed by atoms with E-state index in [0.717, 1.165) is 43.2 Å². The molecule has 0 radical (unpaired) electrons. The fourth-order valence-corrected chi connectivity index (χ4v) is 5.84. The smallest absolute Gasteiger partial charge is 0.243 e. The third-order valence-corrected chi connectivity index (χ3v) is 7.89. The summed E-state index contributed by atoms with van der Waals surface area (Å²) < 4.78 is 41.4. The summed E-state index contributed by atoms with van der Waals surface area (Å²) in [6.45, 7) is 1.68. The number of fused-ring (bicyclic) bond motifs is 1. The Labute approximate surface area is 177 Å². The zero-order valence-electron chi connectivity index (χ0n) is 17.0. The number of piperidine rings is 1. The van der Waals surface area contributed by atoms with Crippen LogP contribution in [-0.2, 0) is 27.7 Å². The first-order chi connectivity index (χ1) is 14.5. The normalized spacial score (nSPS) is 17.6. The first-order valence-corrected chi connectivity index (χ1v) is 12.1. The number of benzene rings is 2. The third kappa shape index (κ3) is 4.27. The molecule has 30 heavy (non-hydrogen) atoms. The van der Waals surface area contributed by atoms with Crippen LogP contribution < -0.4 is 4.90 Å². The molecule has 0 aliphatic carbocycles. The number of amides is 1. The van der Waals surface area contributed by atoms with Crippen LogP contribution in [0.25, 0.3) is 0 Å². The number of carbonyl (C=O) groups is 1. The highest BCUT2D eigenvalue weighted by atomic mass is 32.2. The van der Waals surface area contributed by atoms with Crippen LogP contribution in [0.15, 0.2) is 47.4 Å². The van der Waals surface area contributed by atoms with Crippen molar-refractivity contribution in [1.29, 1.82) is 0 Å². The summed E-state index contributed by atoms with van der Waals surface area (Å²) in [5.74, 6) is -0.459. The molecule has 7 heteroatoms. The van der Waals surface area contributed by atoms with Crippen molar-refractivity contribution in [2.24, 2.45) is 0 Å². The molecule has 1 saturated heterocycles. The molecule has 0 aromatic heterocycles. The van der Waals surface area contributed by atoms with Crippen LogP contribution in [0, 0.1) is 5.82 Å². The molecular weight excluding hydrogens is 403 g/mol. The van der Waals surface area contributed by atoms with Crippen LogP contribution in [0.5, 0.6) is 0 Å². The highest BCUT2D eigenvalue weighted by Gasteiger charge is 2.27. The third-order valence-electron chi connectivity index (χ3n) is 5.97. The highest BCUT2D eigenvalue weighted by Crippen LogP contribution is 2.30. The molecule has 5 nitrogen and oxygen atoms in total. The fourth-order valence-electron chi connectivity index (χ4n) is 4.32. The molecule has 2 aromatic carbocycles. The molecule has 0 spiro atoms. The van der Waals surface area contributed by atoms with Crippen molar-refractivity contribution in [3.05, 3.63) is 59.4 Å². The average Bonchev–Trinajstić information content (AvgIpc) is 2.78. The Morgan fingerprint density at radius 3 is 2.40 bits per heavy atom. The summed E-state index contributed by atoms with van der Waals surface area (Å²) in [7, 11) is -3.45. The lowest BCUT2D eigenvalue weighted by Gasteiger charge is -2.30. The van der Waals surface area contributed by atoms with Gasteiger partial charge in [-0.1, -0.05) is 30.7 Å². The minimum Gasteiger partial charge on any atom is -0.309 e. The van der Waals surface area contributed by atoms with Gasteiger partial charge in [0.1, 0.15) is 5.82 Å². The number of anilines is 1. The van der Waals surface area contributed by atoms with Gasteiger partial charge < -0.3 is 4.90 Å². The molecule has 0 bridgehead atoms. The van der Waals surface area contributed by atoms with Crippen molar-refractivity contribution in [3.8, 4) is 0 Å². The van der Waals surface area contributed by atoms with Crippen LogP contribution in [0.3, 0.4) is 0 Å². The summed E-state index contributed by atoms with van der Waals surface area (Å²) >= 11 is 0. The average molecular weight is 431 g/mol. The van der Waals surface area contributed by atoms with Crippen molar-refractivity contribution in [3.63, 3.8) is 0 Å². The predicted molar refractivity (Wildman–Crippen MR) is 114 cm³/mol. The van der Waals surface area contributed by atoms with Gasteiger partial charge >= 0.3 is 0 Å². The number of nitrogens with zero attached hydrogens (tertiary/aromatic N) is 2. The topological polar surface area (TPSA) is 57.7 Å². The van der Waals surface area contributed by atoms with E-state index in [4.69, 9.17) is 0 Å². The molecule has 2 heterocycles. The maximum atomic E-state index is 14.3. The molecule has 0 saturated carbocycles. The van der Waals surface area contributed by atoms with E-state index in [1.54, 1.807) is 39.5 Å². The van der Waals surface area contributed by atoms with Crippen molar-refractivity contribution in [2.75, 3.05) is 24.5 Å². The second-order valence-electron chi connectivity index (χ2n) is 8.01. The molecule has 2 aliphatic rings. The molecular formula is C23H27FN2O3S. The lowest BCUT2D eigenvalue weighted by atomic mass is 10.0. The van der Waals surface area contributed by atoms with Crippen LogP contribution >= 0.6 is 0 Å². The largest absolute Gasteiger partial charge is 0.309 e. The van der Waals surface area contributed by atoms with E-state index in [9.17, 15) is 17.6 Å². The van der Waals surface area contributed by atoms with E-state index in [-0.39, 0.29) is 18.1 Å². The Bertz CT molecular complexity index is 1020. The SMILES string of the molecule is O=C(CCc1ccc(S(=O)(=O)N2CCCCC2)cc1)N1CCCc2cccc(F)c21. The maximum absolute atomic E-state index is 14.3. The van der Waals surface area contributed by atoms with Crippen LogP contribution in [0.2, 0.25) is 0 Å². The first kappa shape index (κ1) is 21.0. The number of aryl methyl sites for hydroxylation is 2. The van der Waals surface area contributed by atoms with Gasteiger partial charge in [-0.05, 0) is 61.4 Å². The molecule has 0 unspecified atom stereocenters. The van der Waals surface area contributed by atoms with Crippen LogP contribution in [0.4, 0.5) is 10.1 Å². The van der Waals surface area contributed by atoms with E-state index < -0.39 is 10.0 Å². The van der Waals surface area contributed by atoms with Gasteiger partial charge in [0.05, 0.1) is 10.6 Å². The minimum absolute atomic E-state index is 0.105. The number of halogens is 1. The number of hydrogen-bond donors (Lipinski definition) is 0. The van der Waals surface area contributed by atoms with Gasteiger partial charge in [0.25, 0.3) is 0 Å². The zero-order valence-corrected chi connectivity index (χ0v) is 17.8. The Morgan fingerprint density at radius 2 is 1.67 bits per heavy atom. The fraction of sp³-hybridized carbons (Fsp3) is 0.435. The second kappa shape index (κ2) is 8.86. The van der Waals surface area contributed by atoms with Crippen LogP contribution in [-0.4, -0.2) is 38.3 Å². The van der Waals surface area contributed by atoms with Gasteiger partial charge in [-0.15, -0.1) is 0 Å². The number of sulfonamides is 1. The lowest BCUT2D eigenvalue weighted by molar-refractivity contribution is -0.118. The zero-order chi connectivity index (χ0) is 21.1. The van der Waals surface area contributed by atoms with Crippen molar-refractivity contribution in [2.45, 2.75) is 49.8 Å². The molecule has 1 amide bonds. The number of carbonyl (C=O) groups excluding carboxylic acids is 1. The standard InChI is InChI=1S/C23H27FN2O3S/c24-21-8-4-6-19-7-5-17-26(23(19)21)22(27)14-11-18-9-12-20(13-10-18)30(28,29)25-15-2-1-3-16-25/h4,6,8-10,12-13H,1-3,5,7,11,14-17H2. The number of rotatable bonds is 5.